The molecule has 1 amide bonds. The number of hydrogen-bond acceptors (Lipinski definition) is 3. The van der Waals surface area contributed by atoms with Crippen molar-refractivity contribution in [1.82, 2.24) is 0 Å². The molecular formula is C15H16ClNO4. The van der Waals surface area contributed by atoms with Gasteiger partial charge in [-0.25, -0.2) is 4.79 Å². The van der Waals surface area contributed by atoms with E-state index in [-0.39, 0.29) is 28.2 Å². The molecule has 2 aliphatic carbocycles. The van der Waals surface area contributed by atoms with Gasteiger partial charge in [-0.2, -0.15) is 0 Å². The standard InChI is InChI=1S/C15H16ClNO4/c1-21-12-6-11(10(16)5-9(12)15(19)20)17-14(18)13-7-3-2-4-8(7)13/h5-8,13H,2-4H2,1H3,(H,17,18)(H,19,20). The number of ether oxygens (including phenoxy) is 1. The summed E-state index contributed by atoms with van der Waals surface area (Å²) in [4.78, 5) is 23.3. The fourth-order valence-corrected chi connectivity index (χ4v) is 3.62. The molecule has 0 radical (unpaired) electrons. The highest BCUT2D eigenvalue weighted by Gasteiger charge is 2.56. The third-order valence-corrected chi connectivity index (χ3v) is 4.80. The average Bonchev–Trinajstić information content (AvgIpc) is 2.94. The molecule has 0 saturated heterocycles. The first-order valence-electron chi connectivity index (χ1n) is 6.94. The quantitative estimate of drug-likeness (QED) is 0.896. The van der Waals surface area contributed by atoms with Crippen molar-refractivity contribution in [1.29, 1.82) is 0 Å². The number of halogens is 1. The summed E-state index contributed by atoms with van der Waals surface area (Å²) in [5, 5.41) is 12.1. The predicted molar refractivity (Wildman–Crippen MR) is 77.9 cm³/mol. The molecule has 6 heteroatoms. The van der Waals surface area contributed by atoms with Crippen LogP contribution in [0.4, 0.5) is 5.69 Å². The van der Waals surface area contributed by atoms with Crippen molar-refractivity contribution < 1.29 is 19.4 Å². The molecule has 3 rings (SSSR count). The smallest absolute Gasteiger partial charge is 0.339 e. The minimum atomic E-state index is -1.12. The summed E-state index contributed by atoms with van der Waals surface area (Å²) in [6, 6.07) is 2.76. The Morgan fingerprint density at radius 1 is 1.33 bits per heavy atom. The number of carboxylic acid groups (broad SMARTS) is 1. The Hall–Kier alpha value is -1.75. The van der Waals surface area contributed by atoms with Crippen molar-refractivity contribution in [2.45, 2.75) is 19.3 Å². The van der Waals surface area contributed by atoms with E-state index in [1.807, 2.05) is 0 Å². The van der Waals surface area contributed by atoms with Crippen LogP contribution in [-0.4, -0.2) is 24.1 Å². The molecule has 21 heavy (non-hydrogen) atoms. The number of aromatic carboxylic acids is 1. The van der Waals surface area contributed by atoms with E-state index in [2.05, 4.69) is 5.32 Å². The second kappa shape index (κ2) is 5.22. The van der Waals surface area contributed by atoms with Gasteiger partial charge < -0.3 is 15.2 Å². The maximum atomic E-state index is 12.2. The molecule has 0 bridgehead atoms. The largest absolute Gasteiger partial charge is 0.496 e. The highest BCUT2D eigenvalue weighted by molar-refractivity contribution is 6.34. The molecule has 0 aromatic heterocycles. The molecule has 0 heterocycles. The van der Waals surface area contributed by atoms with E-state index in [0.717, 1.165) is 12.8 Å². The van der Waals surface area contributed by atoms with E-state index in [1.165, 1.54) is 25.7 Å². The van der Waals surface area contributed by atoms with Crippen LogP contribution in [0.25, 0.3) is 0 Å². The molecule has 1 aromatic carbocycles. The number of carboxylic acids is 1. The molecule has 2 saturated carbocycles. The van der Waals surface area contributed by atoms with Crippen LogP contribution < -0.4 is 10.1 Å². The highest BCUT2D eigenvalue weighted by atomic mass is 35.5. The van der Waals surface area contributed by atoms with E-state index in [9.17, 15) is 9.59 Å². The van der Waals surface area contributed by atoms with Crippen molar-refractivity contribution in [2.75, 3.05) is 12.4 Å². The lowest BCUT2D eigenvalue weighted by Gasteiger charge is -2.12. The topological polar surface area (TPSA) is 75.6 Å². The molecule has 2 unspecified atom stereocenters. The number of amides is 1. The van der Waals surface area contributed by atoms with E-state index >= 15 is 0 Å². The molecule has 2 N–H and O–H groups in total. The molecule has 112 valence electrons. The summed E-state index contributed by atoms with van der Waals surface area (Å²) in [5.74, 6) is 0.145. The number of carbonyl (C=O) groups is 2. The lowest BCUT2D eigenvalue weighted by Crippen LogP contribution is -2.17. The zero-order chi connectivity index (χ0) is 15.1. The molecule has 0 spiro atoms. The Morgan fingerprint density at radius 2 is 2.00 bits per heavy atom. The predicted octanol–water partition coefficient (Wildman–Crippen LogP) is 3.03. The number of fused-ring (bicyclic) bond motifs is 1. The molecule has 2 atom stereocenters. The fourth-order valence-electron chi connectivity index (χ4n) is 3.41. The van der Waals surface area contributed by atoms with Gasteiger partial charge in [0.1, 0.15) is 11.3 Å². The first-order valence-corrected chi connectivity index (χ1v) is 7.32. The maximum Gasteiger partial charge on any atom is 0.339 e. The lowest BCUT2D eigenvalue weighted by atomic mass is 10.1. The Kier molecular flexibility index (Phi) is 3.53. The van der Waals surface area contributed by atoms with E-state index < -0.39 is 5.97 Å². The van der Waals surface area contributed by atoms with Gasteiger partial charge >= 0.3 is 5.97 Å². The number of nitrogens with one attached hydrogen (secondary N) is 1. The zero-order valence-corrected chi connectivity index (χ0v) is 12.3. The van der Waals surface area contributed by atoms with Gasteiger partial charge in [-0.3, -0.25) is 4.79 Å². The molecular weight excluding hydrogens is 294 g/mol. The van der Waals surface area contributed by atoms with Gasteiger partial charge in [0.05, 0.1) is 17.8 Å². The van der Waals surface area contributed by atoms with Crippen LogP contribution in [0.5, 0.6) is 5.75 Å². The van der Waals surface area contributed by atoms with E-state index in [1.54, 1.807) is 0 Å². The average molecular weight is 310 g/mol. The number of benzene rings is 1. The SMILES string of the molecule is COc1cc(NC(=O)C2C3CCCC32)c(Cl)cc1C(=O)O. The fraction of sp³-hybridized carbons (Fsp3) is 0.467. The first kappa shape index (κ1) is 14.2. The maximum absolute atomic E-state index is 12.2. The first-order chi connectivity index (χ1) is 10.0. The van der Waals surface area contributed by atoms with Gasteiger partial charge in [0, 0.05) is 12.0 Å². The van der Waals surface area contributed by atoms with Crippen molar-refractivity contribution >= 4 is 29.2 Å². The molecule has 5 nitrogen and oxygen atoms in total. The minimum Gasteiger partial charge on any atom is -0.496 e. The molecule has 0 aliphatic heterocycles. The third kappa shape index (κ3) is 2.46. The number of methoxy groups -OCH3 is 1. The van der Waals surface area contributed by atoms with Crippen molar-refractivity contribution in [3.05, 3.63) is 22.7 Å². The normalized spacial score (nSPS) is 26.1. The van der Waals surface area contributed by atoms with E-state index in [0.29, 0.717) is 17.5 Å². The number of rotatable bonds is 4. The van der Waals surface area contributed by atoms with Crippen LogP contribution in [0.2, 0.25) is 5.02 Å². The second-order valence-corrected chi connectivity index (χ2v) is 6.02. The Balaban J connectivity index is 1.79. The Labute approximate surface area is 127 Å². The molecule has 2 fully saturated rings. The van der Waals surface area contributed by atoms with Gasteiger partial charge in [-0.1, -0.05) is 18.0 Å². The monoisotopic (exact) mass is 309 g/mol. The summed E-state index contributed by atoms with van der Waals surface area (Å²) in [6.07, 6.45) is 3.45. The second-order valence-electron chi connectivity index (χ2n) is 5.61. The van der Waals surface area contributed by atoms with Crippen molar-refractivity contribution in [3.63, 3.8) is 0 Å². The Bertz CT molecular complexity index is 606. The van der Waals surface area contributed by atoms with Crippen LogP contribution >= 0.6 is 11.6 Å². The van der Waals surface area contributed by atoms with Gasteiger partial charge in [0.25, 0.3) is 0 Å². The summed E-state index contributed by atoms with van der Waals surface area (Å²) >= 11 is 6.06. The van der Waals surface area contributed by atoms with Crippen molar-refractivity contribution in [2.24, 2.45) is 17.8 Å². The molecule has 1 aromatic rings. The van der Waals surface area contributed by atoms with Gasteiger partial charge in [0.2, 0.25) is 5.91 Å². The lowest BCUT2D eigenvalue weighted by molar-refractivity contribution is -0.118. The summed E-state index contributed by atoms with van der Waals surface area (Å²) < 4.78 is 5.04. The third-order valence-electron chi connectivity index (χ3n) is 4.49. The van der Waals surface area contributed by atoms with Crippen LogP contribution in [-0.2, 0) is 4.79 Å². The van der Waals surface area contributed by atoms with Crippen LogP contribution in [0.1, 0.15) is 29.6 Å². The van der Waals surface area contributed by atoms with Gasteiger partial charge in [-0.15, -0.1) is 0 Å². The van der Waals surface area contributed by atoms with E-state index in [4.69, 9.17) is 21.4 Å². The summed E-state index contributed by atoms with van der Waals surface area (Å²) in [5.41, 5.74) is 0.372. The summed E-state index contributed by atoms with van der Waals surface area (Å²) in [7, 11) is 1.38. The zero-order valence-electron chi connectivity index (χ0n) is 11.6. The van der Waals surface area contributed by atoms with Crippen LogP contribution in [0.3, 0.4) is 0 Å². The van der Waals surface area contributed by atoms with Gasteiger partial charge in [0.15, 0.2) is 0 Å². The summed E-state index contributed by atoms with van der Waals surface area (Å²) in [6.45, 7) is 0. The number of anilines is 1. The Morgan fingerprint density at radius 3 is 2.57 bits per heavy atom. The van der Waals surface area contributed by atoms with Crippen LogP contribution in [0.15, 0.2) is 12.1 Å². The highest BCUT2D eigenvalue weighted by Crippen LogP contribution is 2.57. The number of carbonyl (C=O) groups excluding carboxylic acids is 1. The minimum absolute atomic E-state index is 0.0243. The number of hydrogen-bond donors (Lipinski definition) is 2. The molecule has 2 aliphatic rings. The van der Waals surface area contributed by atoms with Crippen LogP contribution in [0, 0.1) is 17.8 Å². The van der Waals surface area contributed by atoms with Crippen molar-refractivity contribution in [3.8, 4) is 5.75 Å². The van der Waals surface area contributed by atoms with Gasteiger partial charge in [-0.05, 0) is 30.7 Å².